The van der Waals surface area contributed by atoms with Gasteiger partial charge in [-0.05, 0) is 30.7 Å². The molecule has 0 fully saturated rings. The van der Waals surface area contributed by atoms with Crippen LogP contribution in [0.3, 0.4) is 0 Å². The molecule has 0 atom stereocenters. The van der Waals surface area contributed by atoms with Crippen molar-refractivity contribution >= 4 is 11.5 Å². The molecule has 2 heterocycles. The van der Waals surface area contributed by atoms with E-state index in [0.29, 0.717) is 17.5 Å². The van der Waals surface area contributed by atoms with Crippen molar-refractivity contribution < 1.29 is 17.6 Å². The van der Waals surface area contributed by atoms with Crippen molar-refractivity contribution in [2.24, 2.45) is 0 Å². The van der Waals surface area contributed by atoms with Gasteiger partial charge in [0.25, 0.3) is 0 Å². The van der Waals surface area contributed by atoms with Crippen LogP contribution in [0.25, 0.3) is 5.65 Å². The number of halogens is 4. The van der Waals surface area contributed by atoms with E-state index in [1.807, 2.05) is 0 Å². The fourth-order valence-electron chi connectivity index (χ4n) is 2.27. The zero-order valence-electron chi connectivity index (χ0n) is 12.0. The monoisotopic (exact) mass is 324 g/mol. The maximum Gasteiger partial charge on any atom is 0.416 e. The Balaban J connectivity index is 1.88. The molecule has 2 aromatic heterocycles. The van der Waals surface area contributed by atoms with Gasteiger partial charge in [-0.1, -0.05) is 0 Å². The molecule has 120 valence electrons. The second-order valence-corrected chi connectivity index (χ2v) is 5.08. The summed E-state index contributed by atoms with van der Waals surface area (Å²) in [5.74, 6) is -0.359. The summed E-state index contributed by atoms with van der Waals surface area (Å²) in [6.45, 7) is 1.82. The summed E-state index contributed by atoms with van der Waals surface area (Å²) in [6.07, 6.45) is -3.02. The van der Waals surface area contributed by atoms with Crippen molar-refractivity contribution in [1.29, 1.82) is 0 Å². The molecule has 0 unspecified atom stereocenters. The van der Waals surface area contributed by atoms with E-state index >= 15 is 0 Å². The number of nitrogens with one attached hydrogen (secondary N) is 1. The van der Waals surface area contributed by atoms with Crippen molar-refractivity contribution in [2.75, 3.05) is 5.32 Å². The number of aromatic nitrogens is 3. The van der Waals surface area contributed by atoms with Gasteiger partial charge >= 0.3 is 6.18 Å². The fraction of sp³-hybridized carbons (Fsp3) is 0.200. The molecule has 8 heteroatoms. The van der Waals surface area contributed by atoms with Gasteiger partial charge in [-0.25, -0.2) is 9.37 Å². The molecule has 0 aliphatic rings. The van der Waals surface area contributed by atoms with Crippen LogP contribution in [0.15, 0.2) is 36.5 Å². The number of nitrogens with zero attached hydrogens (tertiary/aromatic N) is 3. The van der Waals surface area contributed by atoms with Gasteiger partial charge in [0.1, 0.15) is 11.6 Å². The summed E-state index contributed by atoms with van der Waals surface area (Å²) in [4.78, 5) is 4.26. The first kappa shape index (κ1) is 15.3. The van der Waals surface area contributed by atoms with E-state index in [4.69, 9.17) is 0 Å². The first-order valence-electron chi connectivity index (χ1n) is 6.75. The van der Waals surface area contributed by atoms with Gasteiger partial charge in [0.2, 0.25) is 0 Å². The molecular formula is C15H12F4N4. The van der Waals surface area contributed by atoms with Crippen LogP contribution < -0.4 is 5.32 Å². The SMILES string of the molecule is Cc1cc(NCc2cc(F)cc(C(F)(F)F)c2)n2nccc2n1. The second-order valence-electron chi connectivity index (χ2n) is 5.08. The lowest BCUT2D eigenvalue weighted by atomic mass is 10.1. The lowest BCUT2D eigenvalue weighted by molar-refractivity contribution is -0.137. The van der Waals surface area contributed by atoms with Crippen molar-refractivity contribution in [3.8, 4) is 0 Å². The van der Waals surface area contributed by atoms with Crippen molar-refractivity contribution in [3.63, 3.8) is 0 Å². The summed E-state index contributed by atoms with van der Waals surface area (Å²) < 4.78 is 53.1. The van der Waals surface area contributed by atoms with E-state index < -0.39 is 17.6 Å². The molecule has 3 aromatic rings. The van der Waals surface area contributed by atoms with E-state index in [-0.39, 0.29) is 12.1 Å². The van der Waals surface area contributed by atoms with Crippen LogP contribution in [0.5, 0.6) is 0 Å². The number of fused-ring (bicyclic) bond motifs is 1. The summed E-state index contributed by atoms with van der Waals surface area (Å²) in [7, 11) is 0. The van der Waals surface area contributed by atoms with Gasteiger partial charge in [-0.2, -0.15) is 22.8 Å². The molecule has 0 bridgehead atoms. The van der Waals surface area contributed by atoms with Crippen molar-refractivity contribution in [2.45, 2.75) is 19.6 Å². The summed E-state index contributed by atoms with van der Waals surface area (Å²) in [5, 5.41) is 7.05. The van der Waals surface area contributed by atoms with E-state index in [0.717, 1.165) is 17.8 Å². The predicted molar refractivity (Wildman–Crippen MR) is 76.5 cm³/mol. The van der Waals surface area contributed by atoms with Gasteiger partial charge in [-0.3, -0.25) is 0 Å². The van der Waals surface area contributed by atoms with E-state index in [9.17, 15) is 17.6 Å². The quantitative estimate of drug-likeness (QED) is 0.745. The van der Waals surface area contributed by atoms with Crippen LogP contribution in [-0.4, -0.2) is 14.6 Å². The molecule has 23 heavy (non-hydrogen) atoms. The number of hydrogen-bond acceptors (Lipinski definition) is 3. The fourth-order valence-corrected chi connectivity index (χ4v) is 2.27. The van der Waals surface area contributed by atoms with Crippen LogP contribution in [0.4, 0.5) is 23.4 Å². The molecule has 0 saturated heterocycles. The third-order valence-corrected chi connectivity index (χ3v) is 3.25. The van der Waals surface area contributed by atoms with Crippen LogP contribution in [0, 0.1) is 12.7 Å². The molecule has 0 radical (unpaired) electrons. The number of aryl methyl sites for hydroxylation is 1. The number of benzene rings is 1. The van der Waals surface area contributed by atoms with Crippen molar-refractivity contribution in [1.82, 2.24) is 14.6 Å². The zero-order valence-corrected chi connectivity index (χ0v) is 12.0. The third kappa shape index (κ3) is 3.25. The highest BCUT2D eigenvalue weighted by atomic mass is 19.4. The number of alkyl halides is 3. The predicted octanol–water partition coefficient (Wildman–Crippen LogP) is 3.81. The summed E-state index contributed by atoms with van der Waals surface area (Å²) >= 11 is 0. The Morgan fingerprint density at radius 2 is 1.96 bits per heavy atom. The molecular weight excluding hydrogens is 312 g/mol. The Kier molecular flexibility index (Phi) is 3.67. The number of anilines is 1. The molecule has 0 aliphatic heterocycles. The zero-order chi connectivity index (χ0) is 16.6. The van der Waals surface area contributed by atoms with Crippen molar-refractivity contribution in [3.05, 3.63) is 59.2 Å². The van der Waals surface area contributed by atoms with Crippen LogP contribution in [0.2, 0.25) is 0 Å². The van der Waals surface area contributed by atoms with Gasteiger partial charge in [-0.15, -0.1) is 0 Å². The third-order valence-electron chi connectivity index (χ3n) is 3.25. The van der Waals surface area contributed by atoms with E-state index in [1.165, 1.54) is 4.52 Å². The molecule has 0 aliphatic carbocycles. The van der Waals surface area contributed by atoms with Crippen LogP contribution >= 0.6 is 0 Å². The van der Waals surface area contributed by atoms with Gasteiger partial charge in [0.05, 0.1) is 11.8 Å². The Bertz CT molecular complexity index is 854. The standard InChI is InChI=1S/C15H12F4N4/c1-9-4-14(23-13(22-9)2-3-21-23)20-8-10-5-11(15(17,18)19)7-12(16)6-10/h2-7,20H,8H2,1H3. The second kappa shape index (κ2) is 5.53. The normalized spacial score (nSPS) is 11.9. The Labute approximate surface area is 128 Å². The van der Waals surface area contributed by atoms with Crippen LogP contribution in [-0.2, 0) is 12.7 Å². The minimum Gasteiger partial charge on any atom is -0.366 e. The smallest absolute Gasteiger partial charge is 0.366 e. The molecule has 4 nitrogen and oxygen atoms in total. The van der Waals surface area contributed by atoms with Gasteiger partial charge < -0.3 is 5.32 Å². The summed E-state index contributed by atoms with van der Waals surface area (Å²) in [5.41, 5.74) is 0.523. The molecule has 1 N–H and O–H groups in total. The van der Waals surface area contributed by atoms with Gasteiger partial charge in [0, 0.05) is 24.4 Å². The Morgan fingerprint density at radius 3 is 2.70 bits per heavy atom. The summed E-state index contributed by atoms with van der Waals surface area (Å²) in [6, 6.07) is 5.89. The first-order valence-corrected chi connectivity index (χ1v) is 6.75. The molecule has 1 aromatic carbocycles. The van der Waals surface area contributed by atoms with E-state index in [1.54, 1.807) is 25.3 Å². The highest BCUT2D eigenvalue weighted by Gasteiger charge is 2.31. The Hall–Kier alpha value is -2.64. The maximum absolute atomic E-state index is 13.4. The minimum atomic E-state index is -4.58. The topological polar surface area (TPSA) is 42.2 Å². The average molecular weight is 324 g/mol. The minimum absolute atomic E-state index is 0.0270. The number of hydrogen-bond donors (Lipinski definition) is 1. The average Bonchev–Trinajstić information content (AvgIpc) is 2.91. The molecule has 0 amide bonds. The lowest BCUT2D eigenvalue weighted by Crippen LogP contribution is -2.10. The van der Waals surface area contributed by atoms with Crippen LogP contribution in [0.1, 0.15) is 16.8 Å². The molecule has 3 rings (SSSR count). The highest BCUT2D eigenvalue weighted by Crippen LogP contribution is 2.30. The largest absolute Gasteiger partial charge is 0.416 e. The number of rotatable bonds is 3. The lowest BCUT2D eigenvalue weighted by Gasteiger charge is -2.12. The first-order chi connectivity index (χ1) is 10.8. The Morgan fingerprint density at radius 1 is 1.17 bits per heavy atom. The highest BCUT2D eigenvalue weighted by molar-refractivity contribution is 5.49. The maximum atomic E-state index is 13.4. The van der Waals surface area contributed by atoms with Gasteiger partial charge in [0.15, 0.2) is 5.65 Å². The van der Waals surface area contributed by atoms with E-state index in [2.05, 4.69) is 15.4 Å². The molecule has 0 saturated carbocycles. The molecule has 0 spiro atoms.